The van der Waals surface area contributed by atoms with Gasteiger partial charge in [0, 0.05) is 31.8 Å². The van der Waals surface area contributed by atoms with Gasteiger partial charge in [0.15, 0.2) is 11.6 Å². The first-order valence-electron chi connectivity index (χ1n) is 6.96. The van der Waals surface area contributed by atoms with Crippen LogP contribution in [0.15, 0.2) is 12.3 Å². The Hall–Kier alpha value is -1.69. The Labute approximate surface area is 117 Å². The number of carbonyl (C=O) groups is 1. The van der Waals surface area contributed by atoms with E-state index in [9.17, 15) is 9.18 Å². The van der Waals surface area contributed by atoms with Crippen molar-refractivity contribution in [2.24, 2.45) is 5.92 Å². The highest BCUT2D eigenvalue weighted by atomic mass is 19.1. The van der Waals surface area contributed by atoms with Crippen molar-refractivity contribution >= 4 is 11.7 Å². The zero-order valence-corrected chi connectivity index (χ0v) is 11.6. The van der Waals surface area contributed by atoms with Gasteiger partial charge in [0.1, 0.15) is 0 Å². The maximum Gasteiger partial charge on any atom is 0.254 e. The molecule has 0 bridgehead atoms. The molecular weight excluding hydrogens is 261 g/mol. The standard InChI is InChI=1S/C14H20FN3O2/c1-2-5-16-13-12(15)11(3-6-17-13)14(19)18-8-10-4-7-20-9-10/h3,6,10H,2,4-5,7-9H2,1H3,(H,16,17)(H,18,19). The molecule has 2 N–H and O–H groups in total. The van der Waals surface area contributed by atoms with E-state index in [1.165, 1.54) is 12.3 Å². The molecule has 0 aliphatic carbocycles. The van der Waals surface area contributed by atoms with E-state index in [-0.39, 0.29) is 11.4 Å². The van der Waals surface area contributed by atoms with Gasteiger partial charge in [-0.3, -0.25) is 4.79 Å². The number of hydrogen-bond donors (Lipinski definition) is 2. The maximum atomic E-state index is 14.1. The third kappa shape index (κ3) is 3.66. The molecule has 0 aromatic carbocycles. The number of rotatable bonds is 6. The summed E-state index contributed by atoms with van der Waals surface area (Å²) in [5, 5.41) is 5.62. The fraction of sp³-hybridized carbons (Fsp3) is 0.571. The lowest BCUT2D eigenvalue weighted by molar-refractivity contribution is 0.0941. The number of carbonyl (C=O) groups excluding carboxylic acids is 1. The van der Waals surface area contributed by atoms with E-state index in [1.54, 1.807) is 0 Å². The van der Waals surface area contributed by atoms with E-state index in [1.807, 2.05) is 6.92 Å². The summed E-state index contributed by atoms with van der Waals surface area (Å²) in [6.45, 7) is 4.50. The second-order valence-corrected chi connectivity index (χ2v) is 4.89. The van der Waals surface area contributed by atoms with Crippen molar-refractivity contribution in [3.63, 3.8) is 0 Å². The van der Waals surface area contributed by atoms with Gasteiger partial charge in [-0.2, -0.15) is 0 Å². The molecule has 1 aliphatic heterocycles. The summed E-state index contributed by atoms with van der Waals surface area (Å²) in [6, 6.07) is 1.40. The highest BCUT2D eigenvalue weighted by Crippen LogP contribution is 2.16. The fourth-order valence-electron chi connectivity index (χ4n) is 2.06. The van der Waals surface area contributed by atoms with Crippen LogP contribution in [0.3, 0.4) is 0 Å². The number of halogens is 1. The zero-order valence-electron chi connectivity index (χ0n) is 11.6. The molecule has 1 aromatic rings. The Morgan fingerprint density at radius 1 is 1.60 bits per heavy atom. The average molecular weight is 281 g/mol. The van der Waals surface area contributed by atoms with E-state index >= 15 is 0 Å². The summed E-state index contributed by atoms with van der Waals surface area (Å²) in [4.78, 5) is 15.9. The van der Waals surface area contributed by atoms with E-state index in [2.05, 4.69) is 15.6 Å². The van der Waals surface area contributed by atoms with Crippen LogP contribution >= 0.6 is 0 Å². The largest absolute Gasteiger partial charge is 0.381 e. The number of amides is 1. The van der Waals surface area contributed by atoms with Gasteiger partial charge in [0.05, 0.1) is 12.2 Å². The highest BCUT2D eigenvalue weighted by molar-refractivity contribution is 5.95. The molecular formula is C14H20FN3O2. The van der Waals surface area contributed by atoms with Crippen LogP contribution in [0.5, 0.6) is 0 Å². The number of hydrogen-bond acceptors (Lipinski definition) is 4. The minimum atomic E-state index is -0.596. The number of nitrogens with one attached hydrogen (secondary N) is 2. The van der Waals surface area contributed by atoms with Crippen LogP contribution in [0.4, 0.5) is 10.2 Å². The lowest BCUT2D eigenvalue weighted by Crippen LogP contribution is -2.30. The number of ether oxygens (including phenoxy) is 1. The van der Waals surface area contributed by atoms with E-state index in [4.69, 9.17) is 4.74 Å². The van der Waals surface area contributed by atoms with E-state index < -0.39 is 11.7 Å². The second kappa shape index (κ2) is 7.19. The van der Waals surface area contributed by atoms with Crippen LogP contribution in [0.1, 0.15) is 30.1 Å². The van der Waals surface area contributed by atoms with Crippen molar-refractivity contribution in [3.8, 4) is 0 Å². The van der Waals surface area contributed by atoms with Crippen LogP contribution in [0, 0.1) is 11.7 Å². The lowest BCUT2D eigenvalue weighted by Gasteiger charge is -2.11. The summed E-state index contributed by atoms with van der Waals surface area (Å²) in [7, 11) is 0. The molecule has 5 nitrogen and oxygen atoms in total. The van der Waals surface area contributed by atoms with Gasteiger partial charge in [-0.05, 0) is 18.9 Å². The Kier molecular flexibility index (Phi) is 5.29. The SMILES string of the molecule is CCCNc1nccc(C(=O)NCC2CCOC2)c1F. The molecule has 1 atom stereocenters. The van der Waals surface area contributed by atoms with Crippen molar-refractivity contribution in [2.75, 3.05) is 31.6 Å². The van der Waals surface area contributed by atoms with Crippen molar-refractivity contribution in [1.29, 1.82) is 0 Å². The van der Waals surface area contributed by atoms with Gasteiger partial charge < -0.3 is 15.4 Å². The minimum Gasteiger partial charge on any atom is -0.381 e. The van der Waals surface area contributed by atoms with E-state index in [0.29, 0.717) is 25.6 Å². The summed E-state index contributed by atoms with van der Waals surface area (Å²) in [5.41, 5.74) is 0.0255. The summed E-state index contributed by atoms with van der Waals surface area (Å²) in [5.74, 6) is -0.553. The van der Waals surface area contributed by atoms with Crippen LogP contribution in [0.25, 0.3) is 0 Å². The average Bonchev–Trinajstić information content (AvgIpc) is 2.97. The third-order valence-electron chi connectivity index (χ3n) is 3.25. The molecule has 20 heavy (non-hydrogen) atoms. The molecule has 1 fully saturated rings. The molecule has 0 radical (unpaired) electrons. The topological polar surface area (TPSA) is 63.2 Å². The molecule has 0 spiro atoms. The molecule has 2 heterocycles. The molecule has 1 unspecified atom stereocenters. The fourth-order valence-corrected chi connectivity index (χ4v) is 2.06. The third-order valence-corrected chi connectivity index (χ3v) is 3.25. The number of nitrogens with zero attached hydrogens (tertiary/aromatic N) is 1. The monoisotopic (exact) mass is 281 g/mol. The first-order chi connectivity index (χ1) is 9.72. The van der Waals surface area contributed by atoms with Gasteiger partial charge in [-0.1, -0.05) is 6.92 Å². The van der Waals surface area contributed by atoms with Crippen LogP contribution in [-0.4, -0.2) is 37.2 Å². The minimum absolute atomic E-state index is 0.0255. The van der Waals surface area contributed by atoms with Gasteiger partial charge in [0.2, 0.25) is 0 Å². The van der Waals surface area contributed by atoms with Gasteiger partial charge >= 0.3 is 0 Å². The van der Waals surface area contributed by atoms with Crippen molar-refractivity contribution < 1.29 is 13.9 Å². The van der Waals surface area contributed by atoms with Crippen LogP contribution in [0.2, 0.25) is 0 Å². The highest BCUT2D eigenvalue weighted by Gasteiger charge is 2.19. The van der Waals surface area contributed by atoms with Crippen molar-refractivity contribution in [2.45, 2.75) is 19.8 Å². The Morgan fingerprint density at radius 2 is 2.45 bits per heavy atom. The first-order valence-corrected chi connectivity index (χ1v) is 6.96. The summed E-state index contributed by atoms with van der Waals surface area (Å²) >= 11 is 0. The Bertz CT molecular complexity index is 462. The number of aromatic nitrogens is 1. The maximum absolute atomic E-state index is 14.1. The summed E-state index contributed by atoms with van der Waals surface area (Å²) in [6.07, 6.45) is 3.23. The van der Waals surface area contributed by atoms with Gasteiger partial charge in [-0.25, -0.2) is 9.37 Å². The van der Waals surface area contributed by atoms with Crippen molar-refractivity contribution in [3.05, 3.63) is 23.6 Å². The van der Waals surface area contributed by atoms with Crippen LogP contribution in [-0.2, 0) is 4.74 Å². The molecule has 1 aliphatic rings. The normalized spacial score (nSPS) is 18.0. The number of pyridine rings is 1. The molecule has 1 amide bonds. The van der Waals surface area contributed by atoms with E-state index in [0.717, 1.165) is 19.4 Å². The van der Waals surface area contributed by atoms with Gasteiger partial charge in [0.25, 0.3) is 5.91 Å². The Morgan fingerprint density at radius 3 is 3.15 bits per heavy atom. The first kappa shape index (κ1) is 14.7. The molecule has 0 saturated carbocycles. The quantitative estimate of drug-likeness (QED) is 0.834. The molecule has 1 aromatic heterocycles. The molecule has 6 heteroatoms. The summed E-state index contributed by atoms with van der Waals surface area (Å²) < 4.78 is 19.4. The molecule has 1 saturated heterocycles. The zero-order chi connectivity index (χ0) is 14.4. The predicted octanol–water partition coefficient (Wildman–Crippen LogP) is 1.81. The predicted molar refractivity (Wildman–Crippen MR) is 74.2 cm³/mol. The second-order valence-electron chi connectivity index (χ2n) is 4.89. The van der Waals surface area contributed by atoms with Crippen molar-refractivity contribution in [1.82, 2.24) is 10.3 Å². The van der Waals surface area contributed by atoms with Gasteiger partial charge in [-0.15, -0.1) is 0 Å². The molecule has 2 rings (SSSR count). The lowest BCUT2D eigenvalue weighted by atomic mass is 10.1. The molecule has 110 valence electrons. The Balaban J connectivity index is 1.97. The smallest absolute Gasteiger partial charge is 0.254 e. The number of anilines is 1. The van der Waals surface area contributed by atoms with Crippen LogP contribution < -0.4 is 10.6 Å².